The summed E-state index contributed by atoms with van der Waals surface area (Å²) in [6.07, 6.45) is -1.96. The van der Waals surface area contributed by atoms with Gasteiger partial charge in [-0.05, 0) is 42.8 Å². The van der Waals surface area contributed by atoms with E-state index < -0.39 is 17.8 Å². The third-order valence-corrected chi connectivity index (χ3v) is 6.43. The van der Waals surface area contributed by atoms with Crippen LogP contribution in [0.3, 0.4) is 0 Å². The molecule has 0 unspecified atom stereocenters. The van der Waals surface area contributed by atoms with E-state index in [9.17, 15) is 18.0 Å². The number of ether oxygens (including phenoxy) is 2. The molecule has 1 saturated carbocycles. The first-order valence-corrected chi connectivity index (χ1v) is 11.3. The zero-order chi connectivity index (χ0) is 25.0. The molecule has 0 spiro atoms. The van der Waals surface area contributed by atoms with Crippen LogP contribution in [0, 0.1) is 0 Å². The van der Waals surface area contributed by atoms with Crippen molar-refractivity contribution < 1.29 is 27.4 Å². The summed E-state index contributed by atoms with van der Waals surface area (Å²) in [6.45, 7) is 0. The number of aromatic nitrogens is 1. The van der Waals surface area contributed by atoms with Gasteiger partial charge in [-0.2, -0.15) is 13.2 Å². The summed E-state index contributed by atoms with van der Waals surface area (Å²) in [5.41, 5.74) is 6.34. The summed E-state index contributed by atoms with van der Waals surface area (Å²) in [4.78, 5) is 21.0. The fourth-order valence-corrected chi connectivity index (χ4v) is 4.69. The van der Waals surface area contributed by atoms with Crippen molar-refractivity contribution in [3.05, 3.63) is 71.4 Å². The minimum atomic E-state index is -4.58. The normalized spacial score (nSPS) is 21.3. The Kier molecular flexibility index (Phi) is 5.02. The lowest BCUT2D eigenvalue weighted by molar-refractivity contribution is -0.136. The number of rotatable bonds is 4. The number of aliphatic imine (C=N–C) groups is 1. The Morgan fingerprint density at radius 2 is 1.97 bits per heavy atom. The Balaban J connectivity index is 1.15. The van der Waals surface area contributed by atoms with Crippen molar-refractivity contribution in [2.75, 3.05) is 5.32 Å². The van der Waals surface area contributed by atoms with Gasteiger partial charge in [0.2, 0.25) is 0 Å². The van der Waals surface area contributed by atoms with Crippen molar-refractivity contribution in [2.45, 2.75) is 37.1 Å². The van der Waals surface area contributed by atoms with E-state index in [1.807, 2.05) is 6.07 Å². The Morgan fingerprint density at radius 1 is 1.14 bits per heavy atom. The van der Waals surface area contributed by atoms with Crippen molar-refractivity contribution in [1.29, 1.82) is 0 Å². The molecule has 3 heterocycles. The zero-order valence-electron chi connectivity index (χ0n) is 18.7. The summed E-state index contributed by atoms with van der Waals surface area (Å²) in [5.74, 6) is 2.87. The van der Waals surface area contributed by atoms with Gasteiger partial charge in [0.05, 0.1) is 23.2 Å². The van der Waals surface area contributed by atoms with Crippen LogP contribution >= 0.6 is 0 Å². The second kappa shape index (κ2) is 8.14. The van der Waals surface area contributed by atoms with Gasteiger partial charge in [0.1, 0.15) is 29.2 Å². The van der Waals surface area contributed by atoms with Gasteiger partial charge in [0, 0.05) is 23.7 Å². The van der Waals surface area contributed by atoms with Crippen molar-refractivity contribution in [3.63, 3.8) is 0 Å². The van der Waals surface area contributed by atoms with Gasteiger partial charge in [-0.25, -0.2) is 14.8 Å². The Labute approximate surface area is 203 Å². The standard InChI is InChI=1S/C25H20F3N5O3/c26-25(27,28)15-3-1-2-4-16(15)31-24(34)33-21-20-14-11-12(5-7-17(14)36-22(20)21)35-18-9-10-30-23-13(18)6-8-19(29)32-23/h1-5,7,9-11,20-22H,6,8H2,(H2,29,30,32)(H2,31,33,34)/t20-,21-,22-/m0/s1. The summed E-state index contributed by atoms with van der Waals surface area (Å²) in [7, 11) is 0. The second-order valence-corrected chi connectivity index (χ2v) is 8.79. The van der Waals surface area contributed by atoms with Crippen LogP contribution in [0.4, 0.5) is 29.5 Å². The van der Waals surface area contributed by atoms with E-state index in [4.69, 9.17) is 15.2 Å². The first-order valence-electron chi connectivity index (χ1n) is 11.3. The van der Waals surface area contributed by atoms with Crippen molar-refractivity contribution >= 4 is 23.4 Å². The van der Waals surface area contributed by atoms with Gasteiger partial charge in [0.15, 0.2) is 5.82 Å². The van der Waals surface area contributed by atoms with E-state index in [1.54, 1.807) is 24.4 Å². The molecule has 3 aliphatic rings. The average molecular weight is 495 g/mol. The molecule has 0 saturated heterocycles. The third-order valence-electron chi connectivity index (χ3n) is 6.43. The number of carbonyl (C=O) groups excluding carboxylic acids is 1. The molecular formula is C25H20F3N5O3. The molecule has 8 nitrogen and oxygen atoms in total. The molecule has 36 heavy (non-hydrogen) atoms. The molecule has 6 rings (SSSR count). The highest BCUT2D eigenvalue weighted by Crippen LogP contribution is 2.54. The van der Waals surface area contributed by atoms with Crippen LogP contribution < -0.4 is 25.8 Å². The van der Waals surface area contributed by atoms with E-state index in [0.29, 0.717) is 41.7 Å². The summed E-state index contributed by atoms with van der Waals surface area (Å²) in [5, 5.41) is 5.02. The smallest absolute Gasteiger partial charge is 0.418 e. The molecule has 2 amide bonds. The van der Waals surface area contributed by atoms with Gasteiger partial charge in [0.25, 0.3) is 0 Å². The van der Waals surface area contributed by atoms with E-state index in [1.165, 1.54) is 18.2 Å². The fraction of sp³-hybridized carbons (Fsp3) is 0.240. The highest BCUT2D eigenvalue weighted by molar-refractivity contribution is 5.91. The molecule has 0 bridgehead atoms. The predicted octanol–water partition coefficient (Wildman–Crippen LogP) is 4.88. The first kappa shape index (κ1) is 22.2. The topological polar surface area (TPSA) is 111 Å². The third kappa shape index (κ3) is 3.96. The number of para-hydroxylation sites is 1. The molecule has 2 aliphatic heterocycles. The number of fused-ring (bicyclic) bond motifs is 4. The van der Waals surface area contributed by atoms with E-state index in [-0.39, 0.29) is 23.8 Å². The average Bonchev–Trinajstić information content (AvgIpc) is 3.34. The van der Waals surface area contributed by atoms with Crippen LogP contribution in [0.2, 0.25) is 0 Å². The monoisotopic (exact) mass is 495 g/mol. The number of alkyl halides is 3. The molecule has 3 atom stereocenters. The number of urea groups is 1. The minimum absolute atomic E-state index is 0.122. The molecule has 1 fully saturated rings. The number of nitrogens with zero attached hydrogens (tertiary/aromatic N) is 2. The molecule has 1 aliphatic carbocycles. The molecule has 2 aromatic carbocycles. The highest BCUT2D eigenvalue weighted by Gasteiger charge is 2.59. The van der Waals surface area contributed by atoms with E-state index in [2.05, 4.69) is 20.6 Å². The van der Waals surface area contributed by atoms with Crippen LogP contribution in [0.25, 0.3) is 0 Å². The molecule has 4 N–H and O–H groups in total. The molecule has 0 radical (unpaired) electrons. The van der Waals surface area contributed by atoms with Crippen LogP contribution in [0.1, 0.15) is 29.0 Å². The van der Waals surface area contributed by atoms with Gasteiger partial charge in [-0.15, -0.1) is 0 Å². The zero-order valence-corrected chi connectivity index (χ0v) is 18.7. The predicted molar refractivity (Wildman–Crippen MR) is 125 cm³/mol. The number of hydrogen-bond acceptors (Lipinski definition) is 6. The Morgan fingerprint density at radius 3 is 2.81 bits per heavy atom. The number of amides is 2. The fourth-order valence-electron chi connectivity index (χ4n) is 4.69. The molecule has 11 heteroatoms. The van der Waals surface area contributed by atoms with Crippen LogP contribution in [0.15, 0.2) is 59.7 Å². The minimum Gasteiger partial charge on any atom is -0.487 e. The number of anilines is 1. The molecule has 1 aromatic heterocycles. The number of benzene rings is 2. The summed E-state index contributed by atoms with van der Waals surface area (Å²) >= 11 is 0. The number of amidine groups is 1. The summed E-state index contributed by atoms with van der Waals surface area (Å²) in [6, 6.07) is 11.0. The molecule has 184 valence electrons. The maximum Gasteiger partial charge on any atom is 0.418 e. The first-order chi connectivity index (χ1) is 17.3. The number of nitrogens with two attached hydrogens (primary N) is 1. The lowest BCUT2D eigenvalue weighted by atomic mass is 10.1. The number of hydrogen-bond donors (Lipinski definition) is 3. The van der Waals surface area contributed by atoms with Crippen molar-refractivity contribution in [3.8, 4) is 17.2 Å². The highest BCUT2D eigenvalue weighted by atomic mass is 19.4. The number of halogens is 3. The lowest BCUT2D eigenvalue weighted by Gasteiger charge is -2.17. The van der Waals surface area contributed by atoms with E-state index >= 15 is 0 Å². The SMILES string of the molecule is NC1=Nc2nccc(Oc3ccc4c(c3)[C@H]3[C@H](NC(=O)Nc5ccccc5C(F)(F)F)[C@H]3O4)c2CC1. The second-order valence-electron chi connectivity index (χ2n) is 8.79. The number of pyridine rings is 1. The summed E-state index contributed by atoms with van der Waals surface area (Å²) < 4.78 is 51.7. The molecule has 3 aromatic rings. The lowest BCUT2D eigenvalue weighted by Crippen LogP contribution is -2.34. The van der Waals surface area contributed by atoms with Gasteiger partial charge in [-0.3, -0.25) is 0 Å². The van der Waals surface area contributed by atoms with Crippen LogP contribution in [-0.4, -0.2) is 29.0 Å². The van der Waals surface area contributed by atoms with Crippen molar-refractivity contribution in [2.24, 2.45) is 10.7 Å². The maximum atomic E-state index is 13.2. The van der Waals surface area contributed by atoms with E-state index in [0.717, 1.165) is 17.2 Å². The van der Waals surface area contributed by atoms with Gasteiger partial charge in [-0.1, -0.05) is 12.1 Å². The van der Waals surface area contributed by atoms with Crippen LogP contribution in [-0.2, 0) is 12.6 Å². The Bertz CT molecular complexity index is 1410. The van der Waals surface area contributed by atoms with Crippen molar-refractivity contribution in [1.82, 2.24) is 10.3 Å². The Hall–Kier alpha value is -4.28. The maximum absolute atomic E-state index is 13.2. The van der Waals surface area contributed by atoms with Gasteiger partial charge < -0.3 is 25.8 Å². The van der Waals surface area contributed by atoms with Crippen LogP contribution in [0.5, 0.6) is 17.2 Å². The largest absolute Gasteiger partial charge is 0.487 e. The van der Waals surface area contributed by atoms with Gasteiger partial charge >= 0.3 is 12.2 Å². The molecular weight excluding hydrogens is 475 g/mol. The quantitative estimate of drug-likeness (QED) is 0.478. The number of carbonyl (C=O) groups is 1. The number of nitrogens with one attached hydrogen (secondary N) is 2.